The van der Waals surface area contributed by atoms with Crippen LogP contribution in [0.3, 0.4) is 0 Å². The number of carbonyl (C=O) groups is 10. The van der Waals surface area contributed by atoms with Crippen molar-refractivity contribution in [2.24, 2.45) is 0 Å². The van der Waals surface area contributed by atoms with Crippen LogP contribution in [0.1, 0.15) is 165 Å². The van der Waals surface area contributed by atoms with Crippen LogP contribution in [0.15, 0.2) is 182 Å². The largest absolute Gasteiger partial charge is 0.392 e. The Kier molecular flexibility index (Phi) is 17.5. The number of ketones is 3. The number of nitrogens with one attached hydrogen (secondary N) is 3. The highest BCUT2D eigenvalue weighted by atomic mass is 16.3. The zero-order valence-corrected chi connectivity index (χ0v) is 50.4. The van der Waals surface area contributed by atoms with Crippen molar-refractivity contribution in [2.45, 2.75) is 38.4 Å². The van der Waals surface area contributed by atoms with Crippen LogP contribution in [-0.4, -0.2) is 108 Å². The minimum atomic E-state index is -1.90. The van der Waals surface area contributed by atoms with Gasteiger partial charge in [-0.25, -0.2) is 0 Å². The number of rotatable bonds is 20. The van der Waals surface area contributed by atoms with Gasteiger partial charge in [0.1, 0.15) is 5.60 Å². The molecule has 9 aromatic rings. The summed E-state index contributed by atoms with van der Waals surface area (Å²) in [5.41, 5.74) is 6.95. The maximum Gasteiger partial charge on any atom is 0.256 e. The molecule has 2 aliphatic rings. The molecule has 92 heavy (non-hydrogen) atoms. The highest BCUT2D eigenvalue weighted by Gasteiger charge is 2.35. The van der Waals surface area contributed by atoms with Crippen molar-refractivity contribution in [3.05, 3.63) is 299 Å². The van der Waals surface area contributed by atoms with E-state index in [1.165, 1.54) is 90.3 Å². The molecule has 9 aromatic carbocycles. The van der Waals surface area contributed by atoms with Gasteiger partial charge in [0, 0.05) is 126 Å². The maximum absolute atomic E-state index is 14.0. The molecule has 1 unspecified atom stereocenters. The molecule has 0 radical (unpaired) electrons. The lowest BCUT2D eigenvalue weighted by Gasteiger charge is -2.31. The van der Waals surface area contributed by atoms with Crippen LogP contribution in [0, 0.1) is 0 Å². The maximum atomic E-state index is 14.0. The van der Waals surface area contributed by atoms with Crippen molar-refractivity contribution in [1.29, 1.82) is 0 Å². The number of anilines is 3. The summed E-state index contributed by atoms with van der Waals surface area (Å²) < 4.78 is 0. The lowest BCUT2D eigenvalue weighted by Crippen LogP contribution is -2.29. The van der Waals surface area contributed by atoms with Gasteiger partial charge in [-0.15, -0.1) is 0 Å². The van der Waals surface area contributed by atoms with E-state index in [4.69, 9.17) is 0 Å². The number of carbonyl (C=O) groups excluding carboxylic acids is 10. The molecular formula is C74H60N6O12. The second kappa shape index (κ2) is 25.9. The van der Waals surface area contributed by atoms with Gasteiger partial charge < -0.3 is 36.0 Å². The molecule has 0 aromatic heterocycles. The zero-order valence-electron chi connectivity index (χ0n) is 50.4. The normalized spacial score (nSPS) is 13.0. The number of benzene rings is 9. The third-order valence-corrected chi connectivity index (χ3v) is 16.8. The molecule has 0 saturated heterocycles. The van der Waals surface area contributed by atoms with E-state index in [0.29, 0.717) is 65.3 Å². The molecule has 2 aliphatic heterocycles. The summed E-state index contributed by atoms with van der Waals surface area (Å²) in [7, 11) is 6.55. The van der Waals surface area contributed by atoms with E-state index >= 15 is 0 Å². The van der Waals surface area contributed by atoms with E-state index in [1.807, 2.05) is 48.5 Å². The quantitative estimate of drug-likeness (QED) is 0.0271. The fraction of sp³-hybridized carbons (Fsp3) is 0.135. The average Bonchev–Trinajstić information content (AvgIpc) is 0.922. The number of hydrogen-bond donors (Lipinski definition) is 5. The van der Waals surface area contributed by atoms with E-state index in [-0.39, 0.29) is 78.4 Å². The number of aliphatic hydroxyl groups excluding tert-OH is 1. The van der Waals surface area contributed by atoms with E-state index < -0.39 is 47.4 Å². The number of amides is 4. The molecule has 4 amide bonds. The van der Waals surface area contributed by atoms with Crippen molar-refractivity contribution in [2.75, 3.05) is 43.7 Å². The smallest absolute Gasteiger partial charge is 0.256 e. The molecule has 0 spiro atoms. The van der Waals surface area contributed by atoms with Gasteiger partial charge in [-0.2, -0.15) is 0 Å². The van der Waals surface area contributed by atoms with E-state index in [1.54, 1.807) is 74.8 Å². The Balaban J connectivity index is 0.857. The lowest BCUT2D eigenvalue weighted by molar-refractivity contribution is 0.0822. The van der Waals surface area contributed by atoms with Crippen molar-refractivity contribution in [1.82, 2.24) is 15.1 Å². The predicted octanol–water partition coefficient (Wildman–Crippen LogP) is 9.63. The van der Waals surface area contributed by atoms with Crippen LogP contribution >= 0.6 is 0 Å². The Bertz CT molecular complexity index is 4540. The first kappa shape index (κ1) is 62.2. The number of fused-ring (bicyclic) bond motifs is 2. The van der Waals surface area contributed by atoms with Gasteiger partial charge in [0.2, 0.25) is 0 Å². The first-order valence-corrected chi connectivity index (χ1v) is 29.3. The van der Waals surface area contributed by atoms with Gasteiger partial charge in [0.25, 0.3) is 23.6 Å². The Labute approximate surface area is 528 Å². The summed E-state index contributed by atoms with van der Waals surface area (Å²) in [5, 5.41) is 31.2. The fourth-order valence-electron chi connectivity index (χ4n) is 11.8. The molecule has 1 atom stereocenters. The monoisotopic (exact) mass is 1220 g/mol. The van der Waals surface area contributed by atoms with E-state index in [2.05, 4.69) is 32.8 Å². The SMILES string of the molecule is CNC(=O)c1ccc(C(=O)c2ccc(C=O)c(C(=O)Nc3ccc(C(O)(c4ccc(NC(=O)c5ccc(C(=O)c6ccc(CO)c(C(=O)N(C)C)c6)cc5C=O)cc4)c4ccc(N5Cc6ccc(C(=O)c7ccc8c(c7)CN(C)C8)cc6C5)cc4)cc3)c2)cc1C=O. The van der Waals surface area contributed by atoms with Crippen molar-refractivity contribution in [3.8, 4) is 0 Å². The second-order valence-corrected chi connectivity index (χ2v) is 22.9. The molecule has 458 valence electrons. The molecule has 18 nitrogen and oxygen atoms in total. The molecule has 5 N–H and O–H groups in total. The molecule has 0 bridgehead atoms. The van der Waals surface area contributed by atoms with Gasteiger partial charge in [-0.1, -0.05) is 97.1 Å². The number of aliphatic hydroxyl groups is 2. The summed E-state index contributed by atoms with van der Waals surface area (Å²) >= 11 is 0. The highest BCUT2D eigenvalue weighted by molar-refractivity contribution is 6.16. The Morgan fingerprint density at radius 3 is 1.36 bits per heavy atom. The Hall–Kier alpha value is -11.4. The third-order valence-electron chi connectivity index (χ3n) is 16.8. The number of aldehydes is 3. The van der Waals surface area contributed by atoms with Crippen LogP contribution in [0.25, 0.3) is 0 Å². The molecule has 0 saturated carbocycles. The number of nitrogens with zero attached hydrogens (tertiary/aromatic N) is 3. The predicted molar refractivity (Wildman–Crippen MR) is 345 cm³/mol. The zero-order chi connectivity index (χ0) is 65.1. The summed E-state index contributed by atoms with van der Waals surface area (Å²) in [6.07, 6.45) is 1.39. The fourth-order valence-corrected chi connectivity index (χ4v) is 11.8. The topological polar surface area (TPSA) is 257 Å². The lowest BCUT2D eigenvalue weighted by atomic mass is 9.80. The van der Waals surface area contributed by atoms with Crippen LogP contribution < -0.4 is 20.9 Å². The third kappa shape index (κ3) is 12.2. The van der Waals surface area contributed by atoms with E-state index in [0.717, 1.165) is 35.5 Å². The molecule has 18 heteroatoms. The van der Waals surface area contributed by atoms with Crippen LogP contribution in [0.5, 0.6) is 0 Å². The van der Waals surface area contributed by atoms with E-state index in [9.17, 15) is 58.2 Å². The van der Waals surface area contributed by atoms with Gasteiger partial charge >= 0.3 is 0 Å². The van der Waals surface area contributed by atoms with Gasteiger partial charge in [0.15, 0.2) is 36.2 Å². The molecule has 11 rings (SSSR count). The van der Waals surface area contributed by atoms with Gasteiger partial charge in [-0.05, 0) is 136 Å². The Morgan fingerprint density at radius 2 is 0.859 bits per heavy atom. The first-order chi connectivity index (χ1) is 44.3. The van der Waals surface area contributed by atoms with Crippen LogP contribution in [0.4, 0.5) is 17.1 Å². The van der Waals surface area contributed by atoms with Crippen LogP contribution in [-0.2, 0) is 38.4 Å². The second-order valence-electron chi connectivity index (χ2n) is 22.9. The van der Waals surface area contributed by atoms with Crippen molar-refractivity contribution in [3.63, 3.8) is 0 Å². The molecule has 2 heterocycles. The van der Waals surface area contributed by atoms with Crippen molar-refractivity contribution >= 4 is 76.9 Å². The average molecular weight is 1230 g/mol. The summed E-state index contributed by atoms with van der Waals surface area (Å²) in [6.45, 7) is 2.31. The molecule has 0 fully saturated rings. The Morgan fingerprint density at radius 1 is 0.457 bits per heavy atom. The summed E-state index contributed by atoms with van der Waals surface area (Å²) in [4.78, 5) is 137. The minimum Gasteiger partial charge on any atom is -0.392 e. The minimum absolute atomic E-state index is 0.0144. The molecular weight excluding hydrogens is 1160 g/mol. The first-order valence-electron chi connectivity index (χ1n) is 29.3. The highest BCUT2D eigenvalue weighted by Crippen LogP contribution is 2.40. The standard InChI is InChI=1S/C74H60N6O12/c1-75-70(88)63-27-13-45(31-55(63)41-83)68(86)47-7-11-51(39-81)65(33-47)72(90)77-61-23-17-58(18-24-61)74(92,59-19-25-62(26-20-59)80-37-50-10-6-44(30-54(50)38-80)67(85)43-5-9-49-35-79(4)36-53(49)29-43)57-15-21-60(22-16-57)76-71(89)64-28-14-46(32-56(64)42-84)69(87)48-8-12-52(40-82)66(34-48)73(91)78(2)3/h5-34,39,41-42,82,92H,35-38,40H2,1-4H3,(H,75,88)(H,76,89)(H,77,90). The summed E-state index contributed by atoms with van der Waals surface area (Å²) in [5.74, 6) is -3.48. The summed E-state index contributed by atoms with van der Waals surface area (Å²) in [6, 6.07) is 48.2. The van der Waals surface area contributed by atoms with Crippen LogP contribution in [0.2, 0.25) is 0 Å². The molecule has 0 aliphatic carbocycles. The number of hydrogen-bond acceptors (Lipinski definition) is 14. The van der Waals surface area contributed by atoms with Gasteiger partial charge in [-0.3, -0.25) is 52.8 Å². The van der Waals surface area contributed by atoms with Crippen molar-refractivity contribution < 1.29 is 58.2 Å². The van der Waals surface area contributed by atoms with Gasteiger partial charge in [0.05, 0.1) is 17.7 Å².